The summed E-state index contributed by atoms with van der Waals surface area (Å²) in [7, 11) is 1.81. The summed E-state index contributed by atoms with van der Waals surface area (Å²) in [6.45, 7) is 0.187. The minimum Gasteiger partial charge on any atom is -0.431 e. The molecule has 1 saturated heterocycles. The third-order valence-electron chi connectivity index (χ3n) is 8.12. The Kier molecular flexibility index (Phi) is 5.29. The van der Waals surface area contributed by atoms with E-state index in [0.29, 0.717) is 41.4 Å². The van der Waals surface area contributed by atoms with Crippen LogP contribution in [0.3, 0.4) is 0 Å². The van der Waals surface area contributed by atoms with Crippen LogP contribution in [0, 0.1) is 17.8 Å². The van der Waals surface area contributed by atoms with E-state index in [0.717, 1.165) is 31.7 Å². The van der Waals surface area contributed by atoms with Crippen LogP contribution in [0.1, 0.15) is 43.7 Å². The average Bonchev–Trinajstić information content (AvgIpc) is 3.50. The Labute approximate surface area is 192 Å². The van der Waals surface area contributed by atoms with Crippen LogP contribution in [0.5, 0.6) is 5.75 Å². The molecule has 0 bridgehead atoms. The quantitative estimate of drug-likeness (QED) is 0.648. The molecule has 1 aliphatic heterocycles. The lowest BCUT2D eigenvalue weighted by Gasteiger charge is -2.26. The Morgan fingerprint density at radius 3 is 2.64 bits per heavy atom. The molecular formula is C24H31F2N5O2. The number of nitrogens with zero attached hydrogens (tertiary/aromatic N) is 4. The Bertz CT molecular complexity index is 1010. The largest absolute Gasteiger partial charge is 0.431 e. The molecule has 3 saturated carbocycles. The number of aromatic nitrogens is 3. The molecule has 3 heterocycles. The van der Waals surface area contributed by atoms with Crippen LogP contribution in [0.15, 0.2) is 18.3 Å². The molecule has 6 rings (SSSR count). The van der Waals surface area contributed by atoms with Gasteiger partial charge in [-0.3, -0.25) is 9.58 Å². The van der Waals surface area contributed by atoms with Gasteiger partial charge in [-0.2, -0.15) is 13.9 Å². The van der Waals surface area contributed by atoms with Crippen molar-refractivity contribution in [1.82, 2.24) is 19.7 Å². The van der Waals surface area contributed by atoms with Crippen LogP contribution in [-0.4, -0.2) is 58.6 Å². The lowest BCUT2D eigenvalue weighted by Crippen LogP contribution is -2.33. The van der Waals surface area contributed by atoms with Gasteiger partial charge in [0.15, 0.2) is 11.6 Å². The first-order valence-corrected chi connectivity index (χ1v) is 12.1. The van der Waals surface area contributed by atoms with Gasteiger partial charge in [-0.05, 0) is 62.0 Å². The van der Waals surface area contributed by atoms with Crippen molar-refractivity contribution in [3.63, 3.8) is 0 Å². The number of hydrogen-bond acceptors (Lipinski definition) is 6. The number of pyridine rings is 1. The minimum atomic E-state index is -2.94. The van der Waals surface area contributed by atoms with Crippen LogP contribution in [0.4, 0.5) is 14.6 Å². The number of alkyl halides is 2. The highest BCUT2D eigenvalue weighted by molar-refractivity contribution is 5.64. The Morgan fingerprint density at radius 2 is 1.97 bits per heavy atom. The molecule has 2 N–H and O–H groups in total. The monoisotopic (exact) mass is 459 g/mol. The molecule has 0 radical (unpaired) electrons. The van der Waals surface area contributed by atoms with E-state index in [4.69, 9.17) is 15.6 Å². The van der Waals surface area contributed by atoms with Gasteiger partial charge in [-0.1, -0.05) is 0 Å². The molecule has 0 amide bonds. The maximum atomic E-state index is 12.7. The molecule has 4 aliphatic rings. The fourth-order valence-electron chi connectivity index (χ4n) is 6.14. The molecule has 0 spiro atoms. The lowest BCUT2D eigenvalue weighted by atomic mass is 10.0. The van der Waals surface area contributed by atoms with Crippen LogP contribution in [0.25, 0.3) is 11.3 Å². The number of nitrogens with two attached hydrogens (primary N) is 1. The van der Waals surface area contributed by atoms with Crippen molar-refractivity contribution >= 4 is 5.82 Å². The van der Waals surface area contributed by atoms with Crippen LogP contribution < -0.4 is 10.5 Å². The number of hydrogen-bond donors (Lipinski definition) is 1. The number of fused-ring (bicyclic) bond motifs is 1. The fourth-order valence-corrected chi connectivity index (χ4v) is 6.14. The van der Waals surface area contributed by atoms with Gasteiger partial charge >= 0.3 is 6.61 Å². The number of methoxy groups -OCH3 is 1. The second kappa shape index (κ2) is 8.20. The number of anilines is 1. The molecule has 33 heavy (non-hydrogen) atoms. The second-order valence-corrected chi connectivity index (χ2v) is 10.2. The molecule has 0 aromatic carbocycles. The van der Waals surface area contributed by atoms with Crippen molar-refractivity contribution in [3.8, 4) is 17.0 Å². The van der Waals surface area contributed by atoms with Crippen molar-refractivity contribution in [2.75, 3.05) is 25.9 Å². The summed E-state index contributed by atoms with van der Waals surface area (Å²) in [5.41, 5.74) is 8.41. The molecule has 178 valence electrons. The van der Waals surface area contributed by atoms with Gasteiger partial charge in [0.05, 0.1) is 11.8 Å². The van der Waals surface area contributed by atoms with Gasteiger partial charge in [-0.15, -0.1) is 0 Å². The highest BCUT2D eigenvalue weighted by Gasteiger charge is 2.59. The molecule has 2 aromatic rings. The summed E-state index contributed by atoms with van der Waals surface area (Å²) in [4.78, 5) is 6.68. The predicted molar refractivity (Wildman–Crippen MR) is 119 cm³/mol. The summed E-state index contributed by atoms with van der Waals surface area (Å²) in [6, 6.07) is 4.33. The summed E-state index contributed by atoms with van der Waals surface area (Å²) in [6.07, 6.45) is 8.09. The first-order chi connectivity index (χ1) is 16.0. The summed E-state index contributed by atoms with van der Waals surface area (Å²) in [5.74, 6) is 2.51. The molecule has 7 nitrogen and oxygen atoms in total. The summed E-state index contributed by atoms with van der Waals surface area (Å²) >= 11 is 0. The third-order valence-corrected chi connectivity index (χ3v) is 8.12. The average molecular weight is 460 g/mol. The van der Waals surface area contributed by atoms with E-state index in [1.165, 1.54) is 37.4 Å². The van der Waals surface area contributed by atoms with E-state index in [1.54, 1.807) is 6.20 Å². The number of halogens is 2. The van der Waals surface area contributed by atoms with Crippen LogP contribution in [-0.2, 0) is 11.3 Å². The van der Waals surface area contributed by atoms with Crippen LogP contribution in [0.2, 0.25) is 0 Å². The van der Waals surface area contributed by atoms with Gasteiger partial charge in [0.25, 0.3) is 0 Å². The van der Waals surface area contributed by atoms with Crippen molar-refractivity contribution in [1.29, 1.82) is 0 Å². The predicted octanol–water partition coefficient (Wildman–Crippen LogP) is 3.75. The zero-order valence-electron chi connectivity index (χ0n) is 18.9. The lowest BCUT2D eigenvalue weighted by molar-refractivity contribution is -0.0494. The molecular weight excluding hydrogens is 428 g/mol. The van der Waals surface area contributed by atoms with Crippen LogP contribution >= 0.6 is 0 Å². The normalized spacial score (nSPS) is 31.3. The molecule has 0 unspecified atom stereocenters. The maximum absolute atomic E-state index is 12.7. The van der Waals surface area contributed by atoms with E-state index in [-0.39, 0.29) is 11.6 Å². The fraction of sp³-hybridized carbons (Fsp3) is 0.667. The number of ether oxygens (including phenoxy) is 2. The summed E-state index contributed by atoms with van der Waals surface area (Å²) in [5, 5.41) is 4.88. The summed E-state index contributed by atoms with van der Waals surface area (Å²) < 4.78 is 37.8. The molecule has 3 aliphatic carbocycles. The van der Waals surface area contributed by atoms with Gasteiger partial charge in [0.2, 0.25) is 0 Å². The van der Waals surface area contributed by atoms with Crippen molar-refractivity contribution in [2.45, 2.75) is 63.3 Å². The van der Waals surface area contributed by atoms with E-state index < -0.39 is 6.61 Å². The number of rotatable bonds is 8. The Morgan fingerprint density at radius 1 is 1.18 bits per heavy atom. The van der Waals surface area contributed by atoms with Gasteiger partial charge < -0.3 is 15.2 Å². The maximum Gasteiger partial charge on any atom is 0.387 e. The van der Waals surface area contributed by atoms with Crippen molar-refractivity contribution in [2.24, 2.45) is 17.8 Å². The Hall–Kier alpha value is -2.26. The zero-order valence-corrected chi connectivity index (χ0v) is 18.9. The minimum absolute atomic E-state index is 0.0444. The topological polar surface area (TPSA) is 78.4 Å². The van der Waals surface area contributed by atoms with E-state index in [1.807, 2.05) is 7.11 Å². The first-order valence-electron chi connectivity index (χ1n) is 12.1. The van der Waals surface area contributed by atoms with Gasteiger partial charge in [0, 0.05) is 56.2 Å². The van der Waals surface area contributed by atoms with E-state index >= 15 is 0 Å². The standard InChI is InChI=1S/C24H31F2N5O2/c1-32-16-4-5-30(12-16)15-7-17-18(8-15)22(17)20-9-19(29-31(20)11-13-2-3-13)14-6-21(33-24(25)26)23(27)28-10-14/h6,9-10,13,15-18,22,24H,2-5,7-8,11-12H2,1H3,(H2,27,28)/t15-,16-,17-,18+,22+/m0/s1. The zero-order chi connectivity index (χ0) is 22.7. The van der Waals surface area contributed by atoms with Gasteiger partial charge in [0.1, 0.15) is 0 Å². The number of likely N-dealkylation sites (tertiary alicyclic amines) is 1. The first kappa shape index (κ1) is 21.3. The molecule has 2 aromatic heterocycles. The van der Waals surface area contributed by atoms with E-state index in [9.17, 15) is 8.78 Å². The molecule has 5 atom stereocenters. The Balaban J connectivity index is 1.21. The van der Waals surface area contributed by atoms with Crippen molar-refractivity contribution < 1.29 is 18.3 Å². The van der Waals surface area contributed by atoms with Gasteiger partial charge in [-0.25, -0.2) is 4.98 Å². The highest BCUT2D eigenvalue weighted by Crippen LogP contribution is 2.64. The smallest absolute Gasteiger partial charge is 0.387 e. The SMILES string of the molecule is CO[C@H]1CCN([C@@H]2C[C@@H]3[C@H](C2)[C@H]3c2cc(-c3cnc(N)c(OC(F)F)c3)nn2CC2CC2)C1. The number of nitrogen functional groups attached to an aromatic ring is 1. The van der Waals surface area contributed by atoms with Crippen molar-refractivity contribution in [3.05, 3.63) is 24.0 Å². The molecule has 9 heteroatoms. The highest BCUT2D eigenvalue weighted by atomic mass is 19.3. The van der Waals surface area contributed by atoms with E-state index in [2.05, 4.69) is 25.4 Å². The third kappa shape index (κ3) is 4.10. The molecule has 4 fully saturated rings. The second-order valence-electron chi connectivity index (χ2n) is 10.2.